The first kappa shape index (κ1) is 15.7. The zero-order chi connectivity index (χ0) is 17.6. The molecule has 0 aromatic heterocycles. The molecule has 2 aromatic rings. The van der Waals surface area contributed by atoms with Crippen LogP contribution in [0.3, 0.4) is 0 Å². The average molecular weight is 347 g/mol. The Labute approximate surface area is 137 Å². The number of carbonyl (C=O) groups excluding carboxylic acids is 1. The molecule has 10 heteroatoms. The average Bonchev–Trinajstić information content (AvgIpc) is 2.79. The summed E-state index contributed by atoms with van der Waals surface area (Å²) in [5.41, 5.74) is -0.503. The van der Waals surface area contributed by atoms with Crippen LogP contribution in [0.25, 0.3) is 0 Å². The minimum atomic E-state index is -2.10. The van der Waals surface area contributed by atoms with Crippen molar-refractivity contribution >= 4 is 34.0 Å². The second kappa shape index (κ2) is 5.49. The van der Waals surface area contributed by atoms with E-state index >= 15 is 0 Å². The van der Waals surface area contributed by atoms with Crippen LogP contribution in [0.15, 0.2) is 41.3 Å². The molecule has 1 aliphatic heterocycles. The van der Waals surface area contributed by atoms with Crippen LogP contribution >= 0.6 is 0 Å². The Bertz CT molecular complexity index is 925. The molecule has 1 amide bonds. The molecule has 0 radical (unpaired) electrons. The normalized spacial score (nSPS) is 16.1. The van der Waals surface area contributed by atoms with Crippen LogP contribution in [0.4, 0.5) is 17.1 Å². The highest BCUT2D eigenvalue weighted by atomic mass is 32.2. The number of carbonyl (C=O) groups is 1. The molecule has 0 spiro atoms. The standard InChI is InChI=1S/C14H9N3O6S/c1-8-2-4-9(5-3-8)15-14(18)13-11(17(21)22)6-10(16(19)20)7-12(13)24(15)23/h2-7H,1H3. The molecule has 0 saturated carbocycles. The first-order valence-electron chi connectivity index (χ1n) is 6.61. The molecule has 2 aromatic carbocycles. The second-order valence-corrected chi connectivity index (χ2v) is 6.34. The number of nitro benzene ring substituents is 2. The van der Waals surface area contributed by atoms with Crippen molar-refractivity contribution in [1.29, 1.82) is 0 Å². The van der Waals surface area contributed by atoms with Gasteiger partial charge in [-0.3, -0.25) is 25.0 Å². The third-order valence-electron chi connectivity index (χ3n) is 3.49. The summed E-state index contributed by atoms with van der Waals surface area (Å²) in [5.74, 6) is -0.825. The number of nitrogens with zero attached hydrogens (tertiary/aromatic N) is 3. The number of fused-ring (bicyclic) bond motifs is 1. The first-order valence-corrected chi connectivity index (χ1v) is 7.72. The zero-order valence-corrected chi connectivity index (χ0v) is 13.0. The number of rotatable bonds is 3. The lowest BCUT2D eigenvalue weighted by atomic mass is 10.1. The van der Waals surface area contributed by atoms with E-state index in [2.05, 4.69) is 0 Å². The summed E-state index contributed by atoms with van der Waals surface area (Å²) in [6.45, 7) is 1.83. The molecule has 3 rings (SSSR count). The van der Waals surface area contributed by atoms with Gasteiger partial charge in [-0.1, -0.05) is 17.7 Å². The Kier molecular flexibility index (Phi) is 3.60. The summed E-state index contributed by atoms with van der Waals surface area (Å²) in [6, 6.07) is 8.13. The van der Waals surface area contributed by atoms with Gasteiger partial charge in [-0.2, -0.15) is 0 Å². The minimum absolute atomic E-state index is 0.235. The molecule has 24 heavy (non-hydrogen) atoms. The maximum Gasteiger partial charge on any atom is 0.290 e. The number of benzene rings is 2. The predicted octanol–water partition coefficient (Wildman–Crippen LogP) is 2.49. The van der Waals surface area contributed by atoms with Crippen molar-refractivity contribution in [2.24, 2.45) is 0 Å². The number of non-ortho nitro benzene ring substituents is 1. The molecular formula is C14H9N3O6S. The number of hydrogen-bond acceptors (Lipinski definition) is 6. The van der Waals surface area contributed by atoms with Crippen molar-refractivity contribution < 1.29 is 18.9 Å². The minimum Gasteiger partial charge on any atom is -0.267 e. The maximum absolute atomic E-state index is 12.6. The van der Waals surface area contributed by atoms with Crippen molar-refractivity contribution in [1.82, 2.24) is 0 Å². The fourth-order valence-corrected chi connectivity index (χ4v) is 3.70. The van der Waals surface area contributed by atoms with Crippen molar-refractivity contribution in [3.05, 3.63) is 67.8 Å². The van der Waals surface area contributed by atoms with Gasteiger partial charge in [0.1, 0.15) is 5.56 Å². The van der Waals surface area contributed by atoms with Crippen LogP contribution in [0.2, 0.25) is 0 Å². The number of nitro groups is 2. The fraction of sp³-hybridized carbons (Fsp3) is 0.0714. The van der Waals surface area contributed by atoms with Crippen molar-refractivity contribution in [2.45, 2.75) is 11.8 Å². The molecular weight excluding hydrogens is 338 g/mol. The second-order valence-electron chi connectivity index (χ2n) is 5.04. The van der Waals surface area contributed by atoms with E-state index in [1.165, 1.54) is 0 Å². The number of hydrogen-bond donors (Lipinski definition) is 0. The van der Waals surface area contributed by atoms with Gasteiger partial charge in [0.25, 0.3) is 17.3 Å². The van der Waals surface area contributed by atoms with Crippen molar-refractivity contribution in [3.8, 4) is 0 Å². The highest BCUT2D eigenvalue weighted by molar-refractivity contribution is 7.88. The lowest BCUT2D eigenvalue weighted by Crippen LogP contribution is -2.25. The largest absolute Gasteiger partial charge is 0.290 e. The third kappa shape index (κ3) is 2.33. The Morgan fingerprint density at radius 3 is 2.21 bits per heavy atom. The third-order valence-corrected chi connectivity index (χ3v) is 4.90. The molecule has 0 bridgehead atoms. The quantitative estimate of drug-likeness (QED) is 0.620. The van der Waals surface area contributed by atoms with Crippen LogP contribution in [-0.4, -0.2) is 20.0 Å². The van der Waals surface area contributed by atoms with Gasteiger partial charge in [0, 0.05) is 6.07 Å². The molecule has 122 valence electrons. The summed E-state index contributed by atoms with van der Waals surface area (Å²) in [7, 11) is -2.10. The first-order chi connectivity index (χ1) is 11.3. The molecule has 0 N–H and O–H groups in total. The lowest BCUT2D eigenvalue weighted by molar-refractivity contribution is -0.394. The van der Waals surface area contributed by atoms with Gasteiger partial charge in [-0.25, -0.2) is 8.51 Å². The Balaban J connectivity index is 2.21. The van der Waals surface area contributed by atoms with Gasteiger partial charge < -0.3 is 0 Å². The monoisotopic (exact) mass is 347 g/mol. The number of aryl methyl sites for hydroxylation is 1. The van der Waals surface area contributed by atoms with E-state index < -0.39 is 38.1 Å². The van der Waals surface area contributed by atoms with Gasteiger partial charge in [-0.05, 0) is 19.1 Å². The molecule has 9 nitrogen and oxygen atoms in total. The SMILES string of the molecule is Cc1ccc(N2C(=O)c3c([N+](=O)[O-])cc([N+](=O)[O-])cc3S2=O)cc1. The van der Waals surface area contributed by atoms with Gasteiger partial charge >= 0.3 is 0 Å². The van der Waals surface area contributed by atoms with Crippen molar-refractivity contribution in [3.63, 3.8) is 0 Å². The van der Waals surface area contributed by atoms with Crippen LogP contribution in [-0.2, 0) is 11.0 Å². The van der Waals surface area contributed by atoms with E-state index in [9.17, 15) is 29.2 Å². The molecule has 0 saturated heterocycles. The van der Waals surface area contributed by atoms with Gasteiger partial charge in [0.05, 0.1) is 26.5 Å². The summed E-state index contributed by atoms with van der Waals surface area (Å²) < 4.78 is 13.5. The molecule has 0 fully saturated rings. The smallest absolute Gasteiger partial charge is 0.267 e. The zero-order valence-electron chi connectivity index (χ0n) is 12.2. The van der Waals surface area contributed by atoms with Crippen LogP contribution in [0.1, 0.15) is 15.9 Å². The van der Waals surface area contributed by atoms with Gasteiger partial charge in [-0.15, -0.1) is 0 Å². The highest BCUT2D eigenvalue weighted by Crippen LogP contribution is 2.39. The Morgan fingerprint density at radius 1 is 1.04 bits per heavy atom. The highest BCUT2D eigenvalue weighted by Gasteiger charge is 2.43. The molecule has 1 aliphatic rings. The molecule has 1 unspecified atom stereocenters. The van der Waals surface area contributed by atoms with Crippen LogP contribution in [0, 0.1) is 27.2 Å². The molecule has 1 atom stereocenters. The van der Waals surface area contributed by atoms with Gasteiger partial charge in [0.2, 0.25) is 0 Å². The maximum atomic E-state index is 12.6. The van der Waals surface area contributed by atoms with E-state index in [1.807, 2.05) is 6.92 Å². The Morgan fingerprint density at radius 2 is 1.67 bits per heavy atom. The van der Waals surface area contributed by atoms with Gasteiger partial charge in [0.15, 0.2) is 11.0 Å². The summed E-state index contributed by atoms with van der Waals surface area (Å²) in [6.07, 6.45) is 0. The fourth-order valence-electron chi connectivity index (χ4n) is 2.36. The van der Waals surface area contributed by atoms with E-state index in [1.54, 1.807) is 24.3 Å². The van der Waals surface area contributed by atoms with Crippen molar-refractivity contribution in [2.75, 3.05) is 4.31 Å². The summed E-state index contributed by atoms with van der Waals surface area (Å²) in [5, 5.41) is 22.1. The number of amides is 1. The van der Waals surface area contributed by atoms with Crippen LogP contribution < -0.4 is 4.31 Å². The molecule has 0 aliphatic carbocycles. The van der Waals surface area contributed by atoms with E-state index in [0.717, 1.165) is 15.9 Å². The lowest BCUT2D eigenvalue weighted by Gasteiger charge is -2.13. The summed E-state index contributed by atoms with van der Waals surface area (Å²) >= 11 is 0. The topological polar surface area (TPSA) is 124 Å². The summed E-state index contributed by atoms with van der Waals surface area (Å²) in [4.78, 5) is 32.7. The number of anilines is 1. The van der Waals surface area contributed by atoms with E-state index in [4.69, 9.17) is 0 Å². The van der Waals surface area contributed by atoms with E-state index in [-0.39, 0.29) is 16.1 Å². The molecule has 1 heterocycles. The Hall–Kier alpha value is -3.14. The van der Waals surface area contributed by atoms with Crippen LogP contribution in [0.5, 0.6) is 0 Å². The van der Waals surface area contributed by atoms with E-state index in [0.29, 0.717) is 6.07 Å². The predicted molar refractivity (Wildman–Crippen MR) is 84.1 cm³/mol.